The lowest BCUT2D eigenvalue weighted by Gasteiger charge is -2.19. The fourth-order valence-electron chi connectivity index (χ4n) is 3.30. The summed E-state index contributed by atoms with van der Waals surface area (Å²) in [7, 11) is -3.53. The molecule has 1 aliphatic rings. The molecule has 13 heteroatoms. The van der Waals surface area contributed by atoms with Gasteiger partial charge in [0, 0.05) is 13.1 Å². The second kappa shape index (κ2) is 8.85. The number of hydrogen-bond acceptors (Lipinski definition) is 7. The molecule has 0 unspecified atom stereocenters. The van der Waals surface area contributed by atoms with E-state index in [2.05, 4.69) is 9.28 Å². The molecule has 0 atom stereocenters. The Labute approximate surface area is 176 Å². The lowest BCUT2D eigenvalue weighted by Crippen LogP contribution is -2.25. The van der Waals surface area contributed by atoms with Crippen LogP contribution in [0.25, 0.3) is 0 Å². The zero-order valence-corrected chi connectivity index (χ0v) is 17.4. The molecule has 3 rings (SSSR count). The Balaban J connectivity index is 1.69. The van der Waals surface area contributed by atoms with Crippen LogP contribution in [0.5, 0.6) is 0 Å². The number of hydrogen-bond donors (Lipinski definition) is 1. The average Bonchev–Trinajstić information content (AvgIpc) is 3.21. The van der Waals surface area contributed by atoms with E-state index in [9.17, 15) is 26.4 Å². The average molecular weight is 462 g/mol. The van der Waals surface area contributed by atoms with Crippen LogP contribution in [0.3, 0.4) is 0 Å². The van der Waals surface area contributed by atoms with Crippen molar-refractivity contribution < 1.29 is 35.3 Å². The van der Waals surface area contributed by atoms with E-state index in [0.717, 1.165) is 22.1 Å². The van der Waals surface area contributed by atoms with Crippen molar-refractivity contribution in [2.45, 2.75) is 25.9 Å². The van der Waals surface area contributed by atoms with Crippen molar-refractivity contribution in [3.8, 4) is 0 Å². The van der Waals surface area contributed by atoms with E-state index in [1.165, 1.54) is 0 Å². The molecule has 0 radical (unpaired) electrons. The number of benzene rings is 1. The summed E-state index contributed by atoms with van der Waals surface area (Å²) >= 11 is 0. The summed E-state index contributed by atoms with van der Waals surface area (Å²) in [6.07, 6.45) is -3.84. The highest BCUT2D eigenvalue weighted by Gasteiger charge is 2.43. The number of nitrogens with zero attached hydrogens (tertiary/aromatic N) is 3. The Morgan fingerprint density at radius 3 is 2.58 bits per heavy atom. The lowest BCUT2D eigenvalue weighted by atomic mass is 10.1. The summed E-state index contributed by atoms with van der Waals surface area (Å²) in [6.45, 7) is 0.996. The fourth-order valence-corrected chi connectivity index (χ4v) is 3.67. The first-order chi connectivity index (χ1) is 14.5. The summed E-state index contributed by atoms with van der Waals surface area (Å²) in [6, 6.07) is 7.17. The quantitative estimate of drug-likeness (QED) is 0.444. The number of rotatable bonds is 9. The Bertz CT molecular complexity index is 1070. The van der Waals surface area contributed by atoms with Crippen LogP contribution in [-0.2, 0) is 44.9 Å². The van der Waals surface area contributed by atoms with Gasteiger partial charge in [-0.2, -0.15) is 26.7 Å². The Kier molecular flexibility index (Phi) is 6.57. The van der Waals surface area contributed by atoms with Gasteiger partial charge in [0.2, 0.25) is 0 Å². The van der Waals surface area contributed by atoms with E-state index in [-0.39, 0.29) is 38.7 Å². The molecule has 0 aliphatic carbocycles. The summed E-state index contributed by atoms with van der Waals surface area (Å²) in [5.41, 5.74) is 4.89. The molecule has 0 bridgehead atoms. The van der Waals surface area contributed by atoms with Crippen LogP contribution in [0, 0.1) is 0 Å². The van der Waals surface area contributed by atoms with Gasteiger partial charge in [0.25, 0.3) is 16.0 Å². The number of alkyl halides is 3. The molecule has 2 N–H and O–H groups in total. The predicted molar refractivity (Wildman–Crippen MR) is 104 cm³/mol. The van der Waals surface area contributed by atoms with Crippen LogP contribution in [0.2, 0.25) is 0 Å². The van der Waals surface area contributed by atoms with Crippen molar-refractivity contribution in [3.05, 3.63) is 46.6 Å². The van der Waals surface area contributed by atoms with Crippen molar-refractivity contribution in [1.29, 1.82) is 0 Å². The SMILES string of the molecule is CS(=O)(=O)OCCOCc1cccc(CN2CCn3nc(C(F)(F)F)c(C(N)=O)c32)c1. The van der Waals surface area contributed by atoms with E-state index in [1.807, 2.05) is 6.07 Å². The zero-order valence-electron chi connectivity index (χ0n) is 16.6. The Hall–Kier alpha value is -2.64. The van der Waals surface area contributed by atoms with Crippen LogP contribution in [0.4, 0.5) is 19.0 Å². The molecule has 0 spiro atoms. The van der Waals surface area contributed by atoms with Gasteiger partial charge < -0.3 is 15.4 Å². The van der Waals surface area contributed by atoms with Gasteiger partial charge in [-0.15, -0.1) is 0 Å². The molecule has 0 saturated heterocycles. The zero-order chi connectivity index (χ0) is 22.8. The smallest absolute Gasteiger partial charge is 0.374 e. The standard InChI is InChI=1S/C18H21F3N4O5S/c1-31(27,28)30-8-7-29-11-13-4-2-3-12(9-13)10-24-5-6-25-17(24)14(16(22)26)15(23-25)18(19,20)21/h2-4,9H,5-8,10-11H2,1H3,(H2,22,26). The van der Waals surface area contributed by atoms with Gasteiger partial charge in [0.1, 0.15) is 11.4 Å². The maximum absolute atomic E-state index is 13.2. The third kappa shape index (κ3) is 5.74. The number of fused-ring (bicyclic) bond motifs is 1. The molecule has 31 heavy (non-hydrogen) atoms. The second-order valence-electron chi connectivity index (χ2n) is 6.95. The van der Waals surface area contributed by atoms with Crippen molar-refractivity contribution in [2.75, 3.05) is 30.9 Å². The Morgan fingerprint density at radius 2 is 1.94 bits per heavy atom. The molecule has 2 aromatic rings. The summed E-state index contributed by atoms with van der Waals surface area (Å²) in [4.78, 5) is 13.4. The molecule has 1 aromatic heterocycles. The highest BCUT2D eigenvalue weighted by molar-refractivity contribution is 7.85. The third-order valence-electron chi connectivity index (χ3n) is 4.48. The number of carbonyl (C=O) groups is 1. The number of anilines is 1. The minimum Gasteiger partial charge on any atom is -0.374 e. The number of aromatic nitrogens is 2. The second-order valence-corrected chi connectivity index (χ2v) is 8.60. The van der Waals surface area contributed by atoms with Crippen LogP contribution in [0.15, 0.2) is 24.3 Å². The van der Waals surface area contributed by atoms with Crippen LogP contribution in [0.1, 0.15) is 27.2 Å². The molecule has 170 valence electrons. The van der Waals surface area contributed by atoms with Crippen LogP contribution < -0.4 is 10.6 Å². The van der Waals surface area contributed by atoms with E-state index >= 15 is 0 Å². The summed E-state index contributed by atoms with van der Waals surface area (Å²) in [5.74, 6) is -1.13. The maximum atomic E-state index is 13.2. The molecular formula is C18H21F3N4O5S. The normalized spacial score (nSPS) is 14.1. The molecule has 1 amide bonds. The molecule has 0 fully saturated rings. The molecular weight excluding hydrogens is 441 g/mol. The number of ether oxygens (including phenoxy) is 1. The first kappa shape index (κ1) is 23.0. The van der Waals surface area contributed by atoms with Crippen molar-refractivity contribution >= 4 is 21.8 Å². The topological polar surface area (TPSA) is 117 Å². The molecule has 0 saturated carbocycles. The van der Waals surface area contributed by atoms with Gasteiger partial charge in [0.05, 0.1) is 32.6 Å². The fraction of sp³-hybridized carbons (Fsp3) is 0.444. The first-order valence-corrected chi connectivity index (χ1v) is 11.0. The molecule has 1 aromatic carbocycles. The molecule has 9 nitrogen and oxygen atoms in total. The van der Waals surface area contributed by atoms with Gasteiger partial charge in [0.15, 0.2) is 5.69 Å². The molecule has 1 aliphatic heterocycles. The third-order valence-corrected chi connectivity index (χ3v) is 5.08. The Morgan fingerprint density at radius 1 is 1.23 bits per heavy atom. The monoisotopic (exact) mass is 462 g/mol. The van der Waals surface area contributed by atoms with E-state index in [4.69, 9.17) is 10.5 Å². The summed E-state index contributed by atoms with van der Waals surface area (Å²) < 4.78 is 72.7. The number of amides is 1. The van der Waals surface area contributed by atoms with Crippen LogP contribution in [-0.4, -0.2) is 50.1 Å². The van der Waals surface area contributed by atoms with E-state index < -0.39 is 33.5 Å². The number of nitrogens with two attached hydrogens (primary N) is 1. The van der Waals surface area contributed by atoms with E-state index in [0.29, 0.717) is 6.54 Å². The van der Waals surface area contributed by atoms with Gasteiger partial charge in [-0.05, 0) is 11.1 Å². The van der Waals surface area contributed by atoms with Gasteiger partial charge in [-0.3, -0.25) is 8.98 Å². The number of primary amides is 1. The minimum atomic E-state index is -4.79. The lowest BCUT2D eigenvalue weighted by molar-refractivity contribution is -0.141. The van der Waals surface area contributed by atoms with E-state index in [1.54, 1.807) is 23.1 Å². The first-order valence-electron chi connectivity index (χ1n) is 9.18. The predicted octanol–water partition coefficient (Wildman–Crippen LogP) is 1.51. The molecule has 2 heterocycles. The van der Waals surface area contributed by atoms with Crippen molar-refractivity contribution in [2.24, 2.45) is 5.73 Å². The van der Waals surface area contributed by atoms with Gasteiger partial charge in [-0.1, -0.05) is 24.3 Å². The largest absolute Gasteiger partial charge is 0.436 e. The highest BCUT2D eigenvalue weighted by atomic mass is 32.2. The van der Waals surface area contributed by atoms with Gasteiger partial charge in [-0.25, -0.2) is 4.68 Å². The number of carbonyl (C=O) groups excluding carboxylic acids is 1. The maximum Gasteiger partial charge on any atom is 0.436 e. The van der Waals surface area contributed by atoms with Crippen molar-refractivity contribution in [1.82, 2.24) is 9.78 Å². The highest BCUT2D eigenvalue weighted by Crippen LogP contribution is 2.38. The van der Waals surface area contributed by atoms with Crippen molar-refractivity contribution in [3.63, 3.8) is 0 Å². The van der Waals surface area contributed by atoms with Crippen LogP contribution >= 0.6 is 0 Å². The number of halogens is 3. The van der Waals surface area contributed by atoms with Gasteiger partial charge >= 0.3 is 6.18 Å². The summed E-state index contributed by atoms with van der Waals surface area (Å²) in [5, 5.41) is 3.54. The minimum absolute atomic E-state index is 0.0550.